The molecule has 1 heterocycles. The molecule has 0 unspecified atom stereocenters. The van der Waals surface area contributed by atoms with Crippen LogP contribution in [0.3, 0.4) is 0 Å². The summed E-state index contributed by atoms with van der Waals surface area (Å²) >= 11 is 4.80. The second-order valence-corrected chi connectivity index (χ2v) is 6.22. The summed E-state index contributed by atoms with van der Waals surface area (Å²) in [7, 11) is 3.80. The van der Waals surface area contributed by atoms with Gasteiger partial charge in [0.05, 0.1) is 12.1 Å². The zero-order chi connectivity index (χ0) is 14.0. The van der Waals surface area contributed by atoms with E-state index < -0.39 is 5.97 Å². The molecule has 4 nitrogen and oxygen atoms in total. The van der Waals surface area contributed by atoms with Gasteiger partial charge in [0.1, 0.15) is 0 Å². The van der Waals surface area contributed by atoms with Crippen LogP contribution in [0.15, 0.2) is 28.7 Å². The van der Waals surface area contributed by atoms with E-state index in [4.69, 9.17) is 5.11 Å². The molecule has 2 rings (SSSR count). The van der Waals surface area contributed by atoms with Gasteiger partial charge in [0, 0.05) is 29.0 Å². The normalized spacial score (nSPS) is 10.5. The van der Waals surface area contributed by atoms with E-state index in [1.165, 1.54) is 11.3 Å². The summed E-state index contributed by atoms with van der Waals surface area (Å²) in [6.45, 7) is 0. The molecule has 0 atom stereocenters. The largest absolute Gasteiger partial charge is 0.481 e. The van der Waals surface area contributed by atoms with Crippen LogP contribution in [0.2, 0.25) is 0 Å². The zero-order valence-electron chi connectivity index (χ0n) is 10.6. The highest BCUT2D eigenvalue weighted by Crippen LogP contribution is 2.33. The predicted octanol–water partition coefficient (Wildman–Crippen LogP) is 3.27. The van der Waals surface area contributed by atoms with E-state index >= 15 is 0 Å². The van der Waals surface area contributed by atoms with Crippen LogP contribution in [-0.2, 0) is 11.2 Å². The summed E-state index contributed by atoms with van der Waals surface area (Å²) in [6.07, 6.45) is -0.00307. The monoisotopic (exact) mass is 340 g/mol. The van der Waals surface area contributed by atoms with Gasteiger partial charge >= 0.3 is 5.97 Å². The maximum absolute atomic E-state index is 10.9. The Bertz CT molecular complexity index is 593. The molecule has 1 aromatic heterocycles. The molecule has 0 bridgehead atoms. The molecule has 0 amide bonds. The number of halogens is 1. The number of carboxylic acid groups (broad SMARTS) is 1. The number of carbonyl (C=O) groups is 1. The van der Waals surface area contributed by atoms with Crippen LogP contribution < -0.4 is 4.90 Å². The molecule has 0 aliphatic heterocycles. The summed E-state index contributed by atoms with van der Waals surface area (Å²) in [5, 5.41) is 9.80. The lowest BCUT2D eigenvalue weighted by molar-refractivity contribution is -0.136. The molecule has 0 radical (unpaired) electrons. The van der Waals surface area contributed by atoms with E-state index in [1.807, 2.05) is 43.3 Å². The molecule has 0 spiro atoms. The lowest BCUT2D eigenvalue weighted by Crippen LogP contribution is -2.07. The van der Waals surface area contributed by atoms with Crippen molar-refractivity contribution in [2.75, 3.05) is 19.0 Å². The third kappa shape index (κ3) is 3.33. The highest BCUT2D eigenvalue weighted by molar-refractivity contribution is 9.10. The highest BCUT2D eigenvalue weighted by atomic mass is 79.9. The maximum atomic E-state index is 10.9. The van der Waals surface area contributed by atoms with Gasteiger partial charge in [-0.05, 0) is 12.1 Å². The van der Waals surface area contributed by atoms with E-state index in [0.29, 0.717) is 0 Å². The smallest absolute Gasteiger partial charge is 0.308 e. The summed E-state index contributed by atoms with van der Waals surface area (Å²) in [6, 6.07) is 7.72. The standard InChI is InChI=1S/C13H13BrN2O2S/c1-16(2)13-15-12(10(19-13)7-11(17)18)8-3-5-9(14)6-4-8/h3-6H,7H2,1-2H3,(H,17,18). The molecule has 1 aromatic carbocycles. The number of aromatic nitrogens is 1. The lowest BCUT2D eigenvalue weighted by Gasteiger charge is -2.05. The minimum atomic E-state index is -0.840. The second kappa shape index (κ2) is 5.71. The number of hydrogen-bond donors (Lipinski definition) is 1. The van der Waals surface area contributed by atoms with Gasteiger partial charge in [0.15, 0.2) is 5.13 Å². The van der Waals surface area contributed by atoms with Gasteiger partial charge in [0.25, 0.3) is 0 Å². The fourth-order valence-electron chi connectivity index (χ4n) is 1.62. The van der Waals surface area contributed by atoms with Gasteiger partial charge < -0.3 is 10.0 Å². The van der Waals surface area contributed by atoms with Crippen molar-refractivity contribution in [3.63, 3.8) is 0 Å². The number of aliphatic carboxylic acids is 1. The number of benzene rings is 1. The van der Waals surface area contributed by atoms with Crippen molar-refractivity contribution >= 4 is 38.4 Å². The van der Waals surface area contributed by atoms with Crippen molar-refractivity contribution in [2.45, 2.75) is 6.42 Å². The van der Waals surface area contributed by atoms with Crippen LogP contribution in [0.5, 0.6) is 0 Å². The van der Waals surface area contributed by atoms with Gasteiger partial charge in [-0.1, -0.05) is 28.1 Å². The summed E-state index contributed by atoms with van der Waals surface area (Å²) in [5.74, 6) is -0.840. The Morgan fingerprint density at radius 2 is 2.00 bits per heavy atom. The molecule has 2 aromatic rings. The molecule has 0 aliphatic rings. The van der Waals surface area contributed by atoms with E-state index in [0.717, 1.165) is 25.7 Å². The molecule has 19 heavy (non-hydrogen) atoms. The van der Waals surface area contributed by atoms with Gasteiger partial charge in [0.2, 0.25) is 0 Å². The Morgan fingerprint density at radius 3 is 2.53 bits per heavy atom. The number of rotatable bonds is 4. The van der Waals surface area contributed by atoms with Crippen molar-refractivity contribution in [1.29, 1.82) is 0 Å². The van der Waals surface area contributed by atoms with E-state index in [9.17, 15) is 4.79 Å². The molecule has 0 saturated carbocycles. The Labute approximate surface area is 123 Å². The van der Waals surface area contributed by atoms with Crippen LogP contribution in [0, 0.1) is 0 Å². The van der Waals surface area contributed by atoms with Crippen molar-refractivity contribution in [2.24, 2.45) is 0 Å². The van der Waals surface area contributed by atoms with Crippen molar-refractivity contribution < 1.29 is 9.90 Å². The topological polar surface area (TPSA) is 53.4 Å². The predicted molar refractivity (Wildman–Crippen MR) is 80.9 cm³/mol. The molecule has 100 valence electrons. The summed E-state index contributed by atoms with van der Waals surface area (Å²) in [4.78, 5) is 18.1. The van der Waals surface area contributed by atoms with E-state index in [2.05, 4.69) is 20.9 Å². The SMILES string of the molecule is CN(C)c1nc(-c2ccc(Br)cc2)c(CC(=O)O)s1. The molecule has 1 N–H and O–H groups in total. The number of thiazole rings is 1. The number of anilines is 1. The highest BCUT2D eigenvalue weighted by Gasteiger charge is 2.16. The first kappa shape index (κ1) is 14.0. The lowest BCUT2D eigenvalue weighted by atomic mass is 10.1. The van der Waals surface area contributed by atoms with Crippen LogP contribution in [0.1, 0.15) is 4.88 Å². The third-order valence-electron chi connectivity index (χ3n) is 2.50. The van der Waals surface area contributed by atoms with Gasteiger partial charge in [-0.3, -0.25) is 4.79 Å². The molecule has 0 saturated heterocycles. The minimum absolute atomic E-state index is 0.00307. The maximum Gasteiger partial charge on any atom is 0.308 e. The van der Waals surface area contributed by atoms with Crippen LogP contribution >= 0.6 is 27.3 Å². The van der Waals surface area contributed by atoms with Gasteiger partial charge in [-0.25, -0.2) is 4.98 Å². The van der Waals surface area contributed by atoms with E-state index in [1.54, 1.807) is 0 Å². The Kier molecular flexibility index (Phi) is 4.21. The molecular weight excluding hydrogens is 328 g/mol. The number of carboxylic acids is 1. The average molecular weight is 341 g/mol. The van der Waals surface area contributed by atoms with Crippen molar-refractivity contribution in [3.05, 3.63) is 33.6 Å². The fraction of sp³-hybridized carbons (Fsp3) is 0.231. The first-order chi connectivity index (χ1) is 8.97. The molecule has 6 heteroatoms. The average Bonchev–Trinajstić information content (AvgIpc) is 2.73. The number of hydrogen-bond acceptors (Lipinski definition) is 4. The minimum Gasteiger partial charge on any atom is -0.481 e. The first-order valence-electron chi connectivity index (χ1n) is 5.62. The van der Waals surface area contributed by atoms with Crippen molar-refractivity contribution in [3.8, 4) is 11.3 Å². The third-order valence-corrected chi connectivity index (χ3v) is 4.25. The Hall–Kier alpha value is -1.40. The van der Waals surface area contributed by atoms with Crippen molar-refractivity contribution in [1.82, 2.24) is 4.98 Å². The Morgan fingerprint density at radius 1 is 1.37 bits per heavy atom. The van der Waals surface area contributed by atoms with E-state index in [-0.39, 0.29) is 6.42 Å². The van der Waals surface area contributed by atoms with Crippen LogP contribution in [0.4, 0.5) is 5.13 Å². The zero-order valence-corrected chi connectivity index (χ0v) is 13.0. The quantitative estimate of drug-likeness (QED) is 0.927. The van der Waals surface area contributed by atoms with Crippen LogP contribution in [-0.4, -0.2) is 30.2 Å². The Balaban J connectivity index is 2.47. The molecular formula is C13H13BrN2O2S. The van der Waals surface area contributed by atoms with Crippen LogP contribution in [0.25, 0.3) is 11.3 Å². The molecule has 0 aliphatic carbocycles. The summed E-state index contributed by atoms with van der Waals surface area (Å²) < 4.78 is 0.985. The van der Waals surface area contributed by atoms with Gasteiger partial charge in [-0.2, -0.15) is 0 Å². The first-order valence-corrected chi connectivity index (χ1v) is 7.23. The second-order valence-electron chi connectivity index (χ2n) is 4.24. The summed E-state index contributed by atoms with van der Waals surface area (Å²) in [5.41, 5.74) is 1.69. The number of nitrogens with zero attached hydrogens (tertiary/aromatic N) is 2. The van der Waals surface area contributed by atoms with Gasteiger partial charge in [-0.15, -0.1) is 11.3 Å². The molecule has 0 fully saturated rings. The fourth-order valence-corrected chi connectivity index (χ4v) is 2.88.